The molecular formula is C26H23N3O5. The van der Waals surface area contributed by atoms with E-state index in [0.29, 0.717) is 52.3 Å². The number of methoxy groups -OCH3 is 1. The van der Waals surface area contributed by atoms with E-state index in [2.05, 4.69) is 15.3 Å². The van der Waals surface area contributed by atoms with Crippen molar-refractivity contribution in [2.24, 2.45) is 0 Å². The van der Waals surface area contributed by atoms with Gasteiger partial charge in [-0.1, -0.05) is 24.3 Å². The lowest BCUT2D eigenvalue weighted by molar-refractivity contribution is -0.134. The van der Waals surface area contributed by atoms with Crippen molar-refractivity contribution in [1.29, 1.82) is 0 Å². The van der Waals surface area contributed by atoms with Crippen molar-refractivity contribution in [3.8, 4) is 11.5 Å². The summed E-state index contributed by atoms with van der Waals surface area (Å²) in [5.41, 5.74) is 1.41. The van der Waals surface area contributed by atoms with Crippen molar-refractivity contribution >= 4 is 28.5 Å². The Morgan fingerprint density at radius 2 is 1.71 bits per heavy atom. The van der Waals surface area contributed by atoms with Gasteiger partial charge in [0.15, 0.2) is 0 Å². The molecule has 1 heterocycles. The number of nitrogens with zero attached hydrogens (tertiary/aromatic N) is 1. The van der Waals surface area contributed by atoms with Crippen LogP contribution in [-0.4, -0.2) is 29.0 Å². The van der Waals surface area contributed by atoms with Gasteiger partial charge in [-0.25, -0.2) is 4.98 Å². The van der Waals surface area contributed by atoms with Gasteiger partial charge in [-0.15, -0.1) is 0 Å². The van der Waals surface area contributed by atoms with Crippen molar-refractivity contribution in [2.45, 2.75) is 19.3 Å². The van der Waals surface area contributed by atoms with Gasteiger partial charge in [0, 0.05) is 18.5 Å². The molecule has 172 valence electrons. The van der Waals surface area contributed by atoms with Gasteiger partial charge < -0.3 is 19.8 Å². The average Bonchev–Trinajstić information content (AvgIpc) is 2.85. The second-order valence-corrected chi connectivity index (χ2v) is 7.54. The Hall–Kier alpha value is -4.46. The number of hydrogen-bond acceptors (Lipinski definition) is 6. The fourth-order valence-corrected chi connectivity index (χ4v) is 3.47. The zero-order valence-corrected chi connectivity index (χ0v) is 18.5. The number of H-pyrrole nitrogens is 1. The van der Waals surface area contributed by atoms with Gasteiger partial charge in [-0.2, -0.15) is 0 Å². The quantitative estimate of drug-likeness (QED) is 0.304. The molecule has 34 heavy (non-hydrogen) atoms. The number of rotatable bonds is 8. The Kier molecular flexibility index (Phi) is 6.98. The zero-order valence-electron chi connectivity index (χ0n) is 18.5. The SMILES string of the molecule is COc1ccccc1C(=O)Nc1ccc(OC(=O)CCCc2nc3ccccc3c(=O)[nH]2)cc1. The number of aromatic nitrogens is 2. The summed E-state index contributed by atoms with van der Waals surface area (Å²) in [6, 6.07) is 20.6. The first-order chi connectivity index (χ1) is 16.5. The summed E-state index contributed by atoms with van der Waals surface area (Å²) in [4.78, 5) is 44.0. The largest absolute Gasteiger partial charge is 0.496 e. The molecular weight excluding hydrogens is 434 g/mol. The van der Waals surface area contributed by atoms with E-state index in [0.717, 1.165) is 0 Å². The third-order valence-electron chi connectivity index (χ3n) is 5.15. The molecule has 0 atom stereocenters. The van der Waals surface area contributed by atoms with E-state index in [-0.39, 0.29) is 17.9 Å². The summed E-state index contributed by atoms with van der Waals surface area (Å²) >= 11 is 0. The monoisotopic (exact) mass is 457 g/mol. The summed E-state index contributed by atoms with van der Waals surface area (Å²) < 4.78 is 10.6. The summed E-state index contributed by atoms with van der Waals surface area (Å²) in [7, 11) is 1.51. The second-order valence-electron chi connectivity index (χ2n) is 7.54. The van der Waals surface area contributed by atoms with E-state index in [9.17, 15) is 14.4 Å². The van der Waals surface area contributed by atoms with E-state index in [1.54, 1.807) is 66.7 Å². The number of fused-ring (bicyclic) bond motifs is 1. The summed E-state index contributed by atoms with van der Waals surface area (Å²) in [5, 5.41) is 3.32. The van der Waals surface area contributed by atoms with Crippen LogP contribution >= 0.6 is 0 Å². The molecule has 0 fully saturated rings. The summed E-state index contributed by atoms with van der Waals surface area (Å²) in [6.45, 7) is 0. The molecule has 8 heteroatoms. The molecule has 0 saturated heterocycles. The number of nitrogens with one attached hydrogen (secondary N) is 2. The number of aromatic amines is 1. The number of para-hydroxylation sites is 2. The van der Waals surface area contributed by atoms with Crippen molar-refractivity contribution in [1.82, 2.24) is 9.97 Å². The number of hydrogen-bond donors (Lipinski definition) is 2. The lowest BCUT2D eigenvalue weighted by Gasteiger charge is -2.10. The summed E-state index contributed by atoms with van der Waals surface area (Å²) in [5.74, 6) is 0.689. The third kappa shape index (κ3) is 5.47. The van der Waals surface area contributed by atoms with Crippen LogP contribution in [0.1, 0.15) is 29.0 Å². The molecule has 0 aliphatic carbocycles. The van der Waals surface area contributed by atoms with E-state index < -0.39 is 5.97 Å². The third-order valence-corrected chi connectivity index (χ3v) is 5.15. The van der Waals surface area contributed by atoms with Crippen molar-refractivity contribution < 1.29 is 19.1 Å². The van der Waals surface area contributed by atoms with E-state index in [1.807, 2.05) is 6.07 Å². The van der Waals surface area contributed by atoms with Crippen LogP contribution < -0.4 is 20.3 Å². The highest BCUT2D eigenvalue weighted by Crippen LogP contribution is 2.21. The smallest absolute Gasteiger partial charge is 0.311 e. The highest BCUT2D eigenvalue weighted by Gasteiger charge is 2.12. The molecule has 1 amide bonds. The van der Waals surface area contributed by atoms with Crippen LogP contribution in [0.25, 0.3) is 10.9 Å². The molecule has 8 nitrogen and oxygen atoms in total. The summed E-state index contributed by atoms with van der Waals surface area (Å²) in [6.07, 6.45) is 1.10. The normalized spacial score (nSPS) is 10.6. The maximum absolute atomic E-state index is 12.5. The van der Waals surface area contributed by atoms with Gasteiger partial charge in [-0.3, -0.25) is 14.4 Å². The number of carbonyl (C=O) groups excluding carboxylic acids is 2. The van der Waals surface area contributed by atoms with Crippen LogP contribution in [0.3, 0.4) is 0 Å². The average molecular weight is 457 g/mol. The lowest BCUT2D eigenvalue weighted by atomic mass is 10.2. The maximum Gasteiger partial charge on any atom is 0.311 e. The molecule has 3 aromatic carbocycles. The topological polar surface area (TPSA) is 110 Å². The lowest BCUT2D eigenvalue weighted by Crippen LogP contribution is -2.13. The van der Waals surface area contributed by atoms with Crippen LogP contribution in [0.5, 0.6) is 11.5 Å². The number of amides is 1. The second kappa shape index (κ2) is 10.4. The van der Waals surface area contributed by atoms with Gasteiger partial charge in [0.05, 0.1) is 23.6 Å². The highest BCUT2D eigenvalue weighted by molar-refractivity contribution is 6.06. The van der Waals surface area contributed by atoms with Gasteiger partial charge >= 0.3 is 5.97 Å². The van der Waals surface area contributed by atoms with Crippen LogP contribution in [0.2, 0.25) is 0 Å². The van der Waals surface area contributed by atoms with Gasteiger partial charge in [0.2, 0.25) is 0 Å². The predicted octanol–water partition coefficient (Wildman–Crippen LogP) is 4.11. The van der Waals surface area contributed by atoms with Gasteiger partial charge in [-0.05, 0) is 55.0 Å². The molecule has 2 N–H and O–H groups in total. The molecule has 0 bridgehead atoms. The minimum absolute atomic E-state index is 0.169. The first-order valence-corrected chi connectivity index (χ1v) is 10.8. The molecule has 0 spiro atoms. The molecule has 4 aromatic rings. The predicted molar refractivity (Wildman–Crippen MR) is 128 cm³/mol. The van der Waals surface area contributed by atoms with Crippen LogP contribution in [0.15, 0.2) is 77.6 Å². The Balaban J connectivity index is 1.28. The molecule has 0 radical (unpaired) electrons. The molecule has 0 saturated carbocycles. The first kappa shape index (κ1) is 22.7. The van der Waals surface area contributed by atoms with Crippen LogP contribution in [-0.2, 0) is 11.2 Å². The molecule has 0 unspecified atom stereocenters. The van der Waals surface area contributed by atoms with Gasteiger partial charge in [0.25, 0.3) is 11.5 Å². The maximum atomic E-state index is 12.5. The number of benzene rings is 3. The Morgan fingerprint density at radius 1 is 0.971 bits per heavy atom. The van der Waals surface area contributed by atoms with Crippen LogP contribution in [0, 0.1) is 0 Å². The van der Waals surface area contributed by atoms with E-state index in [1.165, 1.54) is 7.11 Å². The first-order valence-electron chi connectivity index (χ1n) is 10.8. The minimum Gasteiger partial charge on any atom is -0.496 e. The minimum atomic E-state index is -0.394. The van der Waals surface area contributed by atoms with Crippen molar-refractivity contribution in [3.63, 3.8) is 0 Å². The fraction of sp³-hybridized carbons (Fsp3) is 0.154. The van der Waals surface area contributed by atoms with Crippen molar-refractivity contribution in [2.75, 3.05) is 12.4 Å². The van der Waals surface area contributed by atoms with E-state index >= 15 is 0 Å². The Morgan fingerprint density at radius 3 is 2.50 bits per heavy atom. The standard InChI is InChI=1S/C26H23N3O5/c1-33-22-10-5-3-8-20(22)26(32)27-17-13-15-18(16-14-17)34-24(30)12-6-11-23-28-21-9-4-2-7-19(21)25(31)29-23/h2-5,7-10,13-16H,6,11-12H2,1H3,(H,27,32)(H,28,29,31). The van der Waals surface area contributed by atoms with Crippen molar-refractivity contribution in [3.05, 3.63) is 94.5 Å². The molecule has 0 aliphatic heterocycles. The number of esters is 1. The van der Waals surface area contributed by atoms with Gasteiger partial charge in [0.1, 0.15) is 17.3 Å². The Labute approximate surface area is 195 Å². The number of aryl methyl sites for hydroxylation is 1. The molecule has 1 aromatic heterocycles. The van der Waals surface area contributed by atoms with Crippen LogP contribution in [0.4, 0.5) is 5.69 Å². The fourth-order valence-electron chi connectivity index (χ4n) is 3.47. The number of anilines is 1. The highest BCUT2D eigenvalue weighted by atomic mass is 16.5. The Bertz CT molecular complexity index is 1380. The van der Waals surface area contributed by atoms with E-state index in [4.69, 9.17) is 9.47 Å². The number of ether oxygens (including phenoxy) is 2. The number of carbonyl (C=O) groups is 2. The molecule has 4 rings (SSSR count). The molecule has 0 aliphatic rings. The zero-order chi connectivity index (χ0) is 23.9.